The lowest BCUT2D eigenvalue weighted by molar-refractivity contribution is -0.458. The number of rotatable bonds is 0. The van der Waals surface area contributed by atoms with E-state index in [1.165, 1.54) is 4.38 Å². The van der Waals surface area contributed by atoms with E-state index in [-0.39, 0.29) is 17.0 Å². The number of halogens is 1. The summed E-state index contributed by atoms with van der Waals surface area (Å²) in [6, 6.07) is 0. The smallest absolute Gasteiger partial charge is 0.270 e. The molecule has 2 atom stereocenters. The fourth-order valence-electron chi connectivity index (χ4n) is 1.50. The number of hydrogen-bond acceptors (Lipinski definition) is 4. The highest BCUT2D eigenvalue weighted by Crippen LogP contribution is 2.43. The Labute approximate surface area is 103 Å². The highest BCUT2D eigenvalue weighted by molar-refractivity contribution is 8.42. The Morgan fingerprint density at radius 1 is 1.21 bits per heavy atom. The zero-order chi connectivity index (χ0) is 9.64. The van der Waals surface area contributed by atoms with E-state index in [1.54, 1.807) is 23.5 Å². The van der Waals surface area contributed by atoms with Gasteiger partial charge >= 0.3 is 0 Å². The summed E-state index contributed by atoms with van der Waals surface area (Å²) in [7, 11) is 1.28. The summed E-state index contributed by atoms with van der Waals surface area (Å²) in [4.78, 5) is 0. The quantitative estimate of drug-likeness (QED) is 0.455. The second kappa shape index (κ2) is 4.35. The molecule has 2 fully saturated rings. The van der Waals surface area contributed by atoms with Gasteiger partial charge in [0.15, 0.2) is 9.84 Å². The lowest BCUT2D eigenvalue weighted by atomic mass is 10.4. The minimum atomic E-state index is -2.73. The van der Waals surface area contributed by atoms with Crippen LogP contribution in [-0.4, -0.2) is 53.5 Å². The average Bonchev–Trinajstić information content (AvgIpc) is 2.39. The molecule has 0 saturated carbocycles. The van der Waals surface area contributed by atoms with Crippen LogP contribution in [0, 0.1) is 0 Å². The van der Waals surface area contributed by atoms with Gasteiger partial charge in [0.05, 0.1) is 11.5 Å². The Balaban J connectivity index is 0.000000980. The molecule has 0 bridgehead atoms. The summed E-state index contributed by atoms with van der Waals surface area (Å²) in [5.74, 6) is 0.735. The lowest BCUT2D eigenvalue weighted by Crippen LogP contribution is -3.00. The van der Waals surface area contributed by atoms with E-state index in [0.29, 0.717) is 22.0 Å². The number of fused-ring (bicyclic) bond motifs is 1. The molecule has 0 radical (unpaired) electrons. The van der Waals surface area contributed by atoms with Crippen molar-refractivity contribution >= 4 is 37.7 Å². The van der Waals surface area contributed by atoms with Gasteiger partial charge in [0.25, 0.3) is 4.38 Å². The van der Waals surface area contributed by atoms with Gasteiger partial charge in [-0.2, -0.15) is 0 Å². The Hall–Kier alpha value is 0.800. The third-order valence-electron chi connectivity index (χ3n) is 2.12. The number of thioether (sulfide) groups is 2. The molecule has 0 aromatic carbocycles. The molecule has 0 N–H and O–H groups in total. The van der Waals surface area contributed by atoms with E-state index in [0.717, 1.165) is 0 Å². The highest BCUT2D eigenvalue weighted by atomic mass is 79.9. The Bertz CT molecular complexity index is 339. The van der Waals surface area contributed by atoms with Gasteiger partial charge < -0.3 is 17.0 Å². The van der Waals surface area contributed by atoms with Crippen molar-refractivity contribution in [2.75, 3.05) is 25.6 Å². The molecular formula is C7H12BrNO2S3. The predicted molar refractivity (Wildman–Crippen MR) is 58.5 cm³/mol. The first-order valence-corrected chi connectivity index (χ1v) is 7.64. The van der Waals surface area contributed by atoms with E-state index >= 15 is 0 Å². The molecule has 2 rings (SSSR count). The first-order chi connectivity index (χ1) is 5.98. The van der Waals surface area contributed by atoms with Crippen LogP contribution in [0.2, 0.25) is 0 Å². The standard InChI is InChI=1S/C7H12NO2S3.BrH/c1-8(2)7-11-5-3-13(9,10)4-6(5)12-7;/h5-6H,3-4H2,1-2H3;1H/q+1;/p-1. The zero-order valence-electron chi connectivity index (χ0n) is 7.94. The molecule has 2 aliphatic rings. The van der Waals surface area contributed by atoms with Crippen LogP contribution in [0.3, 0.4) is 0 Å². The number of hydrogen-bond donors (Lipinski definition) is 0. The summed E-state index contributed by atoms with van der Waals surface area (Å²) in [6.45, 7) is 0. The lowest BCUT2D eigenvalue weighted by Gasteiger charge is -1.97. The van der Waals surface area contributed by atoms with Crippen LogP contribution in [0.1, 0.15) is 0 Å². The van der Waals surface area contributed by atoms with Crippen molar-refractivity contribution in [3.63, 3.8) is 0 Å². The molecule has 2 aliphatic heterocycles. The molecule has 82 valence electrons. The van der Waals surface area contributed by atoms with E-state index in [9.17, 15) is 8.42 Å². The van der Waals surface area contributed by atoms with Crippen LogP contribution >= 0.6 is 23.5 Å². The van der Waals surface area contributed by atoms with Crippen LogP contribution in [0.5, 0.6) is 0 Å². The van der Waals surface area contributed by atoms with E-state index in [2.05, 4.69) is 4.58 Å². The third-order valence-corrected chi connectivity index (χ3v) is 7.76. The topological polar surface area (TPSA) is 37.1 Å². The van der Waals surface area contributed by atoms with Crippen molar-refractivity contribution in [3.8, 4) is 0 Å². The zero-order valence-corrected chi connectivity index (χ0v) is 12.0. The summed E-state index contributed by atoms with van der Waals surface area (Å²) in [5.41, 5.74) is 0. The molecule has 0 aromatic heterocycles. The summed E-state index contributed by atoms with van der Waals surface area (Å²) >= 11 is 3.44. The fraction of sp³-hybridized carbons (Fsp3) is 0.857. The molecule has 0 spiro atoms. The van der Waals surface area contributed by atoms with E-state index < -0.39 is 9.84 Å². The van der Waals surface area contributed by atoms with Crippen LogP contribution < -0.4 is 17.0 Å². The largest absolute Gasteiger partial charge is 1.00 e. The van der Waals surface area contributed by atoms with Crippen molar-refractivity contribution < 1.29 is 30.0 Å². The van der Waals surface area contributed by atoms with E-state index in [1.807, 2.05) is 14.1 Å². The molecule has 2 heterocycles. The van der Waals surface area contributed by atoms with Gasteiger partial charge in [0.1, 0.15) is 14.1 Å². The fourth-order valence-corrected chi connectivity index (χ4v) is 7.87. The summed E-state index contributed by atoms with van der Waals surface area (Å²) < 4.78 is 25.9. The molecule has 3 nitrogen and oxygen atoms in total. The van der Waals surface area contributed by atoms with Crippen LogP contribution in [-0.2, 0) is 9.84 Å². The Kier molecular flexibility index (Phi) is 4.00. The van der Waals surface area contributed by atoms with Crippen LogP contribution in [0.25, 0.3) is 0 Å². The van der Waals surface area contributed by atoms with Gasteiger partial charge in [0.2, 0.25) is 0 Å². The van der Waals surface area contributed by atoms with Gasteiger partial charge in [-0.05, 0) is 23.5 Å². The normalized spacial score (nSPS) is 33.7. The third kappa shape index (κ3) is 2.48. The summed E-state index contributed by atoms with van der Waals surface area (Å²) in [5, 5.41) is 0.597. The van der Waals surface area contributed by atoms with E-state index in [4.69, 9.17) is 0 Å². The first kappa shape index (κ1) is 12.9. The van der Waals surface area contributed by atoms with Crippen LogP contribution in [0.15, 0.2) is 0 Å². The maximum Gasteiger partial charge on any atom is 0.270 e. The minimum Gasteiger partial charge on any atom is -1.00 e. The average molecular weight is 318 g/mol. The Morgan fingerprint density at radius 3 is 2.00 bits per heavy atom. The monoisotopic (exact) mass is 317 g/mol. The first-order valence-electron chi connectivity index (χ1n) is 4.06. The van der Waals surface area contributed by atoms with Crippen molar-refractivity contribution in [2.45, 2.75) is 10.5 Å². The number of nitrogens with zero attached hydrogens (tertiary/aromatic N) is 1. The second-order valence-corrected chi connectivity index (χ2v) is 8.42. The van der Waals surface area contributed by atoms with Gasteiger partial charge in [-0.3, -0.25) is 0 Å². The molecule has 2 saturated heterocycles. The van der Waals surface area contributed by atoms with Gasteiger partial charge in [-0.25, -0.2) is 13.0 Å². The Morgan fingerprint density at radius 2 is 1.64 bits per heavy atom. The minimum absolute atomic E-state index is 0. The molecule has 14 heavy (non-hydrogen) atoms. The summed E-state index contributed by atoms with van der Waals surface area (Å²) in [6.07, 6.45) is 0. The van der Waals surface area contributed by atoms with Gasteiger partial charge in [-0.1, -0.05) is 0 Å². The molecule has 2 unspecified atom stereocenters. The van der Waals surface area contributed by atoms with Crippen LogP contribution in [0.4, 0.5) is 0 Å². The molecular weight excluding hydrogens is 306 g/mol. The molecule has 0 amide bonds. The molecule has 7 heteroatoms. The number of sulfone groups is 1. The van der Waals surface area contributed by atoms with Gasteiger partial charge in [0, 0.05) is 10.5 Å². The second-order valence-electron chi connectivity index (χ2n) is 3.55. The highest BCUT2D eigenvalue weighted by Gasteiger charge is 2.47. The molecule has 0 aliphatic carbocycles. The van der Waals surface area contributed by atoms with Crippen molar-refractivity contribution in [1.29, 1.82) is 0 Å². The van der Waals surface area contributed by atoms with Crippen molar-refractivity contribution in [3.05, 3.63) is 0 Å². The molecule has 0 aromatic rings. The SMILES string of the molecule is C[N+](C)=C1SC2CS(=O)(=O)CC2S1.[Br-]. The maximum atomic E-state index is 11.3. The van der Waals surface area contributed by atoms with Crippen molar-refractivity contribution in [2.24, 2.45) is 0 Å². The predicted octanol–water partition coefficient (Wildman–Crippen LogP) is -2.74. The van der Waals surface area contributed by atoms with Gasteiger partial charge in [-0.15, -0.1) is 0 Å². The maximum absolute atomic E-state index is 11.3. The van der Waals surface area contributed by atoms with Crippen molar-refractivity contribution in [1.82, 2.24) is 0 Å².